The smallest absolute Gasteiger partial charge is 0.275 e. The van der Waals surface area contributed by atoms with Gasteiger partial charge in [0.2, 0.25) is 0 Å². The predicted molar refractivity (Wildman–Crippen MR) is 63.9 cm³/mol. The van der Waals surface area contributed by atoms with Crippen molar-refractivity contribution in [3.8, 4) is 0 Å². The van der Waals surface area contributed by atoms with Gasteiger partial charge in [0, 0.05) is 24.3 Å². The van der Waals surface area contributed by atoms with Crippen molar-refractivity contribution in [3.63, 3.8) is 0 Å². The maximum absolute atomic E-state index is 12.0. The van der Waals surface area contributed by atoms with Crippen LogP contribution in [0.1, 0.15) is 29.8 Å². The predicted octanol–water partition coefficient (Wildman–Crippen LogP) is 2.02. The van der Waals surface area contributed by atoms with Gasteiger partial charge in [-0.1, -0.05) is 4.49 Å². The standard InChI is InChI=1S/C10H14ClN3OS/c11-4-3-8-2-1-5-14(6-8)10(15)9-7-16-13-12-9/h7-8H,1-6H2. The van der Waals surface area contributed by atoms with Crippen LogP contribution in [0.5, 0.6) is 0 Å². The van der Waals surface area contributed by atoms with Gasteiger partial charge in [0.15, 0.2) is 5.69 Å². The summed E-state index contributed by atoms with van der Waals surface area (Å²) in [6.07, 6.45) is 3.22. The Labute approximate surface area is 104 Å². The van der Waals surface area contributed by atoms with E-state index < -0.39 is 0 Å². The van der Waals surface area contributed by atoms with E-state index in [-0.39, 0.29) is 5.91 Å². The van der Waals surface area contributed by atoms with Crippen LogP contribution >= 0.6 is 23.1 Å². The lowest BCUT2D eigenvalue weighted by Gasteiger charge is -2.31. The third kappa shape index (κ3) is 2.71. The zero-order valence-electron chi connectivity index (χ0n) is 8.93. The molecule has 0 radical (unpaired) electrons. The van der Waals surface area contributed by atoms with Crippen LogP contribution in [-0.2, 0) is 0 Å². The Balaban J connectivity index is 1.96. The summed E-state index contributed by atoms with van der Waals surface area (Å²) in [5.74, 6) is 1.22. The van der Waals surface area contributed by atoms with Crippen LogP contribution in [0.4, 0.5) is 0 Å². The number of carbonyl (C=O) groups is 1. The van der Waals surface area contributed by atoms with Gasteiger partial charge in [-0.3, -0.25) is 4.79 Å². The summed E-state index contributed by atoms with van der Waals surface area (Å²) in [7, 11) is 0. The van der Waals surface area contributed by atoms with E-state index in [1.54, 1.807) is 5.38 Å². The third-order valence-electron chi connectivity index (χ3n) is 2.90. The monoisotopic (exact) mass is 259 g/mol. The minimum atomic E-state index is 0.00743. The van der Waals surface area contributed by atoms with Crippen molar-refractivity contribution in [1.82, 2.24) is 14.5 Å². The van der Waals surface area contributed by atoms with Gasteiger partial charge in [0.05, 0.1) is 0 Å². The average Bonchev–Trinajstić information content (AvgIpc) is 2.82. The van der Waals surface area contributed by atoms with E-state index in [0.29, 0.717) is 17.5 Å². The zero-order chi connectivity index (χ0) is 11.4. The molecule has 4 nitrogen and oxygen atoms in total. The largest absolute Gasteiger partial charge is 0.337 e. The second kappa shape index (κ2) is 5.59. The molecule has 1 amide bonds. The molecule has 0 N–H and O–H groups in total. The molecule has 2 heterocycles. The van der Waals surface area contributed by atoms with Crippen LogP contribution in [0, 0.1) is 5.92 Å². The highest BCUT2D eigenvalue weighted by atomic mass is 35.5. The molecule has 88 valence electrons. The van der Waals surface area contributed by atoms with Crippen molar-refractivity contribution in [2.75, 3.05) is 19.0 Å². The van der Waals surface area contributed by atoms with Crippen LogP contribution in [0.25, 0.3) is 0 Å². The molecule has 0 saturated carbocycles. The number of carbonyl (C=O) groups excluding carboxylic acids is 1. The summed E-state index contributed by atoms with van der Waals surface area (Å²) in [5.41, 5.74) is 0.469. The van der Waals surface area contributed by atoms with Gasteiger partial charge in [-0.15, -0.1) is 16.7 Å². The SMILES string of the molecule is O=C(c1csnn1)N1CCCC(CCCl)C1. The number of nitrogens with zero attached hydrogens (tertiary/aromatic N) is 3. The second-order valence-corrected chi connectivity index (χ2v) is 5.02. The minimum absolute atomic E-state index is 0.00743. The van der Waals surface area contributed by atoms with Crippen LogP contribution in [0.2, 0.25) is 0 Å². The molecule has 0 aliphatic carbocycles. The van der Waals surface area contributed by atoms with Gasteiger partial charge in [0.1, 0.15) is 0 Å². The van der Waals surface area contributed by atoms with Crippen molar-refractivity contribution in [3.05, 3.63) is 11.1 Å². The van der Waals surface area contributed by atoms with Gasteiger partial charge < -0.3 is 4.90 Å². The number of likely N-dealkylation sites (tertiary alicyclic amines) is 1. The van der Waals surface area contributed by atoms with Crippen LogP contribution in [0.15, 0.2) is 5.38 Å². The fourth-order valence-corrected chi connectivity index (χ4v) is 2.80. The molecule has 16 heavy (non-hydrogen) atoms. The highest BCUT2D eigenvalue weighted by molar-refractivity contribution is 7.03. The summed E-state index contributed by atoms with van der Waals surface area (Å²) in [6, 6.07) is 0. The Morgan fingerprint density at radius 3 is 3.25 bits per heavy atom. The molecule has 6 heteroatoms. The normalized spacial score (nSPS) is 21.1. The molecule has 0 spiro atoms. The summed E-state index contributed by atoms with van der Waals surface area (Å²) < 4.78 is 3.72. The summed E-state index contributed by atoms with van der Waals surface area (Å²) in [6.45, 7) is 1.64. The lowest BCUT2D eigenvalue weighted by atomic mass is 9.95. The number of aromatic nitrogens is 2. The zero-order valence-corrected chi connectivity index (χ0v) is 10.5. The number of amides is 1. The number of hydrogen-bond donors (Lipinski definition) is 0. The maximum atomic E-state index is 12.0. The second-order valence-electron chi connectivity index (χ2n) is 4.03. The number of rotatable bonds is 3. The van der Waals surface area contributed by atoms with Gasteiger partial charge in [-0.05, 0) is 36.7 Å². The number of piperidine rings is 1. The fraction of sp³-hybridized carbons (Fsp3) is 0.700. The fourth-order valence-electron chi connectivity index (χ4n) is 2.06. The first kappa shape index (κ1) is 11.8. The van der Waals surface area contributed by atoms with Gasteiger partial charge in [-0.2, -0.15) is 0 Å². The summed E-state index contributed by atoms with van der Waals surface area (Å²) in [4.78, 5) is 13.9. The first-order valence-corrected chi connectivity index (χ1v) is 6.80. The van der Waals surface area contributed by atoms with Crippen molar-refractivity contribution in [1.29, 1.82) is 0 Å². The molecule has 1 aliphatic rings. The Hall–Kier alpha value is -0.680. The molecule has 1 saturated heterocycles. The van der Waals surface area contributed by atoms with E-state index in [1.807, 2.05) is 4.90 Å². The highest BCUT2D eigenvalue weighted by Gasteiger charge is 2.25. The molecular weight excluding hydrogens is 246 g/mol. The van der Waals surface area contributed by atoms with Gasteiger partial charge >= 0.3 is 0 Å². The van der Waals surface area contributed by atoms with Crippen LogP contribution < -0.4 is 0 Å². The molecule has 1 aromatic rings. The Morgan fingerprint density at radius 2 is 2.56 bits per heavy atom. The van der Waals surface area contributed by atoms with E-state index in [9.17, 15) is 4.79 Å². The molecule has 0 bridgehead atoms. The van der Waals surface area contributed by atoms with Gasteiger partial charge in [-0.25, -0.2) is 0 Å². The third-order valence-corrected chi connectivity index (χ3v) is 3.63. The number of hydrogen-bond acceptors (Lipinski definition) is 4. The van der Waals surface area contributed by atoms with Crippen molar-refractivity contribution in [2.45, 2.75) is 19.3 Å². The summed E-state index contributed by atoms with van der Waals surface area (Å²) >= 11 is 6.95. The minimum Gasteiger partial charge on any atom is -0.337 e. The van der Waals surface area contributed by atoms with E-state index in [2.05, 4.69) is 9.59 Å². The molecule has 1 aromatic heterocycles. The van der Waals surface area contributed by atoms with E-state index in [0.717, 1.165) is 25.9 Å². The molecule has 2 rings (SSSR count). The molecule has 1 aliphatic heterocycles. The van der Waals surface area contributed by atoms with E-state index >= 15 is 0 Å². The first-order chi connectivity index (χ1) is 7.81. The first-order valence-electron chi connectivity index (χ1n) is 5.43. The molecule has 1 atom stereocenters. The lowest BCUT2D eigenvalue weighted by molar-refractivity contribution is 0.0665. The molecular formula is C10H14ClN3OS. The molecule has 1 fully saturated rings. The topological polar surface area (TPSA) is 46.1 Å². The highest BCUT2D eigenvalue weighted by Crippen LogP contribution is 2.21. The lowest BCUT2D eigenvalue weighted by Crippen LogP contribution is -2.40. The Morgan fingerprint density at radius 1 is 1.69 bits per heavy atom. The van der Waals surface area contributed by atoms with Crippen molar-refractivity contribution < 1.29 is 4.79 Å². The van der Waals surface area contributed by atoms with E-state index in [4.69, 9.17) is 11.6 Å². The quantitative estimate of drug-likeness (QED) is 0.781. The van der Waals surface area contributed by atoms with E-state index in [1.165, 1.54) is 18.0 Å². The van der Waals surface area contributed by atoms with Gasteiger partial charge in [0.25, 0.3) is 5.91 Å². The summed E-state index contributed by atoms with van der Waals surface area (Å²) in [5, 5.41) is 5.52. The van der Waals surface area contributed by atoms with Crippen molar-refractivity contribution in [2.24, 2.45) is 5.92 Å². The van der Waals surface area contributed by atoms with Crippen molar-refractivity contribution >= 4 is 29.0 Å². The maximum Gasteiger partial charge on any atom is 0.275 e. The average molecular weight is 260 g/mol. The Bertz CT molecular complexity index is 342. The van der Waals surface area contributed by atoms with Crippen LogP contribution in [-0.4, -0.2) is 39.4 Å². The number of alkyl halides is 1. The Kier molecular flexibility index (Phi) is 4.12. The molecule has 0 aromatic carbocycles. The molecule has 1 unspecified atom stereocenters. The number of halogens is 1. The van der Waals surface area contributed by atoms with Crippen LogP contribution in [0.3, 0.4) is 0 Å².